The minimum absolute atomic E-state index is 0.161. The number of guanidine groups is 1. The third kappa shape index (κ3) is 4.42. The Morgan fingerprint density at radius 1 is 1.19 bits per heavy atom. The molecule has 0 bridgehead atoms. The van der Waals surface area contributed by atoms with Crippen molar-refractivity contribution in [2.75, 3.05) is 0 Å². The summed E-state index contributed by atoms with van der Waals surface area (Å²) in [6, 6.07) is 9.91. The Labute approximate surface area is 124 Å². The quantitative estimate of drug-likeness (QED) is 0.457. The minimum Gasteiger partial charge on any atom is -0.351 e. The number of nitrogens with one attached hydrogen (secondary N) is 3. The van der Waals surface area contributed by atoms with E-state index in [1.54, 1.807) is 18.6 Å². The Balaban J connectivity index is 1.85. The van der Waals surface area contributed by atoms with Crippen LogP contribution in [-0.2, 0) is 6.54 Å². The van der Waals surface area contributed by atoms with Gasteiger partial charge in [-0.2, -0.15) is 5.10 Å². The number of hydrazone groups is 1. The van der Waals surface area contributed by atoms with Crippen LogP contribution in [0.5, 0.6) is 0 Å². The van der Waals surface area contributed by atoms with Gasteiger partial charge in [-0.1, -0.05) is 18.2 Å². The molecule has 108 valence electrons. The molecule has 1 aromatic carbocycles. The fraction of sp³-hybridized carbons (Fsp3) is 0.188. The largest absolute Gasteiger partial charge is 0.351 e. The number of hydrogen-bond donors (Lipinski definition) is 3. The van der Waals surface area contributed by atoms with Gasteiger partial charge in [-0.25, -0.2) is 5.43 Å². The Bertz CT molecular complexity index is 614. The first-order valence-corrected chi connectivity index (χ1v) is 6.73. The molecule has 0 aliphatic heterocycles. The predicted molar refractivity (Wildman–Crippen MR) is 85.4 cm³/mol. The van der Waals surface area contributed by atoms with Crippen LogP contribution in [0.4, 0.5) is 0 Å². The molecule has 0 spiro atoms. The number of aromatic nitrogens is 1. The third-order valence-electron chi connectivity index (χ3n) is 3.13. The second kappa shape index (κ2) is 7.19. The lowest BCUT2D eigenvalue weighted by atomic mass is 10.0. The maximum absolute atomic E-state index is 7.76. The van der Waals surface area contributed by atoms with Gasteiger partial charge in [0.1, 0.15) is 0 Å². The number of aryl methyl sites for hydroxylation is 2. The van der Waals surface area contributed by atoms with Gasteiger partial charge in [0.2, 0.25) is 5.96 Å². The van der Waals surface area contributed by atoms with Crippen molar-refractivity contribution in [3.63, 3.8) is 0 Å². The van der Waals surface area contributed by atoms with E-state index >= 15 is 0 Å². The monoisotopic (exact) mass is 281 g/mol. The van der Waals surface area contributed by atoms with E-state index in [0.717, 1.165) is 22.3 Å². The second-order valence-electron chi connectivity index (χ2n) is 4.76. The summed E-state index contributed by atoms with van der Waals surface area (Å²) in [7, 11) is 0. The fourth-order valence-electron chi connectivity index (χ4n) is 1.92. The zero-order valence-electron chi connectivity index (χ0n) is 12.2. The molecule has 0 fully saturated rings. The molecule has 5 heteroatoms. The zero-order valence-corrected chi connectivity index (χ0v) is 12.2. The van der Waals surface area contributed by atoms with E-state index in [0.29, 0.717) is 6.54 Å². The van der Waals surface area contributed by atoms with E-state index in [1.807, 2.05) is 44.2 Å². The summed E-state index contributed by atoms with van der Waals surface area (Å²) in [4.78, 5) is 3.95. The third-order valence-corrected chi connectivity index (χ3v) is 3.13. The molecular weight excluding hydrogens is 262 g/mol. The highest BCUT2D eigenvalue weighted by Gasteiger charge is 1.98. The lowest BCUT2D eigenvalue weighted by Crippen LogP contribution is -2.32. The first-order valence-electron chi connectivity index (χ1n) is 6.73. The normalized spacial score (nSPS) is 10.6. The summed E-state index contributed by atoms with van der Waals surface area (Å²) in [5.41, 5.74) is 7.15. The second-order valence-corrected chi connectivity index (χ2v) is 4.76. The summed E-state index contributed by atoms with van der Waals surface area (Å²) in [6.45, 7) is 4.65. The van der Waals surface area contributed by atoms with E-state index in [-0.39, 0.29) is 5.96 Å². The molecule has 1 aromatic heterocycles. The number of nitrogens with zero attached hydrogens (tertiary/aromatic N) is 2. The highest BCUT2D eigenvalue weighted by molar-refractivity contribution is 5.85. The maximum atomic E-state index is 7.76. The van der Waals surface area contributed by atoms with E-state index in [4.69, 9.17) is 5.41 Å². The first kappa shape index (κ1) is 14.7. The molecule has 1 heterocycles. The standard InChI is InChI=1S/C16H19N5/c1-12-4-3-5-13(2)15(12)11-20-21-16(17)19-10-14-6-8-18-9-7-14/h3-9,11H,10H2,1-2H3,(H3,17,19,21)/b20-11+. The van der Waals surface area contributed by atoms with Crippen LogP contribution in [0.1, 0.15) is 22.3 Å². The molecule has 0 saturated carbocycles. The Kier molecular flexibility index (Phi) is 5.04. The van der Waals surface area contributed by atoms with Crippen molar-refractivity contribution in [1.29, 1.82) is 5.41 Å². The average molecular weight is 281 g/mol. The van der Waals surface area contributed by atoms with Crippen LogP contribution in [0, 0.1) is 19.3 Å². The zero-order chi connectivity index (χ0) is 15.1. The lowest BCUT2D eigenvalue weighted by molar-refractivity contribution is 0.836. The number of pyridine rings is 1. The summed E-state index contributed by atoms with van der Waals surface area (Å²) < 4.78 is 0. The van der Waals surface area contributed by atoms with E-state index < -0.39 is 0 Å². The summed E-state index contributed by atoms with van der Waals surface area (Å²) in [5.74, 6) is 0.161. The maximum Gasteiger partial charge on any atom is 0.209 e. The molecule has 3 N–H and O–H groups in total. The SMILES string of the molecule is Cc1cccc(C)c1/C=N/NC(=N)NCc1ccncc1. The van der Waals surface area contributed by atoms with Gasteiger partial charge in [0.15, 0.2) is 0 Å². The van der Waals surface area contributed by atoms with Crippen LogP contribution >= 0.6 is 0 Å². The van der Waals surface area contributed by atoms with Crippen molar-refractivity contribution >= 4 is 12.2 Å². The van der Waals surface area contributed by atoms with E-state index in [2.05, 4.69) is 20.8 Å². The van der Waals surface area contributed by atoms with Gasteiger partial charge in [-0.3, -0.25) is 10.4 Å². The minimum atomic E-state index is 0.161. The highest BCUT2D eigenvalue weighted by Crippen LogP contribution is 2.10. The van der Waals surface area contributed by atoms with Crippen molar-refractivity contribution < 1.29 is 0 Å². The van der Waals surface area contributed by atoms with E-state index in [9.17, 15) is 0 Å². The average Bonchev–Trinajstić information content (AvgIpc) is 2.49. The topological polar surface area (TPSA) is 73.2 Å². The molecule has 0 unspecified atom stereocenters. The fourth-order valence-corrected chi connectivity index (χ4v) is 1.92. The molecule has 2 rings (SSSR count). The smallest absolute Gasteiger partial charge is 0.209 e. The summed E-state index contributed by atoms with van der Waals surface area (Å²) in [6.07, 6.45) is 5.20. The molecule has 0 aliphatic carbocycles. The van der Waals surface area contributed by atoms with Crippen LogP contribution in [0.15, 0.2) is 47.8 Å². The van der Waals surface area contributed by atoms with Gasteiger partial charge in [0, 0.05) is 24.5 Å². The van der Waals surface area contributed by atoms with Gasteiger partial charge < -0.3 is 5.32 Å². The summed E-state index contributed by atoms with van der Waals surface area (Å²) >= 11 is 0. The van der Waals surface area contributed by atoms with Gasteiger partial charge >= 0.3 is 0 Å². The Hall–Kier alpha value is -2.69. The lowest BCUT2D eigenvalue weighted by Gasteiger charge is -2.07. The number of benzene rings is 1. The van der Waals surface area contributed by atoms with E-state index in [1.165, 1.54) is 0 Å². The van der Waals surface area contributed by atoms with Gasteiger partial charge in [-0.15, -0.1) is 0 Å². The molecule has 0 radical (unpaired) electrons. The molecule has 0 atom stereocenters. The number of rotatable bonds is 4. The predicted octanol–water partition coefficient (Wildman–Crippen LogP) is 2.35. The number of hydrogen-bond acceptors (Lipinski definition) is 3. The molecule has 2 aromatic rings. The van der Waals surface area contributed by atoms with Crippen molar-refractivity contribution in [3.8, 4) is 0 Å². The van der Waals surface area contributed by atoms with Crippen molar-refractivity contribution in [3.05, 3.63) is 65.0 Å². The molecule has 0 amide bonds. The van der Waals surface area contributed by atoms with Gasteiger partial charge in [-0.05, 0) is 42.7 Å². The Morgan fingerprint density at radius 3 is 2.52 bits per heavy atom. The van der Waals surface area contributed by atoms with Crippen LogP contribution in [0.3, 0.4) is 0 Å². The molecule has 21 heavy (non-hydrogen) atoms. The van der Waals surface area contributed by atoms with Crippen LogP contribution < -0.4 is 10.7 Å². The van der Waals surface area contributed by atoms with Crippen molar-refractivity contribution in [1.82, 2.24) is 15.7 Å². The molecular formula is C16H19N5. The van der Waals surface area contributed by atoms with Crippen molar-refractivity contribution in [2.24, 2.45) is 5.10 Å². The molecule has 5 nitrogen and oxygen atoms in total. The molecule has 0 aliphatic rings. The van der Waals surface area contributed by atoms with Crippen molar-refractivity contribution in [2.45, 2.75) is 20.4 Å². The molecule has 0 saturated heterocycles. The van der Waals surface area contributed by atoms with Gasteiger partial charge in [0.25, 0.3) is 0 Å². The summed E-state index contributed by atoms with van der Waals surface area (Å²) in [5, 5.41) is 14.8. The first-order chi connectivity index (χ1) is 10.2. The van der Waals surface area contributed by atoms with Crippen LogP contribution in [-0.4, -0.2) is 17.2 Å². The van der Waals surface area contributed by atoms with Gasteiger partial charge in [0.05, 0.1) is 6.21 Å². The Morgan fingerprint density at radius 2 is 1.86 bits per heavy atom. The van der Waals surface area contributed by atoms with Crippen LogP contribution in [0.2, 0.25) is 0 Å². The van der Waals surface area contributed by atoms with Crippen LogP contribution in [0.25, 0.3) is 0 Å². The highest BCUT2D eigenvalue weighted by atomic mass is 15.4.